The molecule has 1 aromatic rings. The van der Waals surface area contributed by atoms with Gasteiger partial charge < -0.3 is 0 Å². The van der Waals surface area contributed by atoms with E-state index < -0.39 is 0 Å². The molecule has 0 N–H and O–H groups in total. The fourth-order valence-electron chi connectivity index (χ4n) is 3.03. The number of hydrogen-bond acceptors (Lipinski definition) is 2. The number of amidine groups is 1. The number of rotatable bonds is 1. The summed E-state index contributed by atoms with van der Waals surface area (Å²) >= 11 is 5.78. The lowest BCUT2D eigenvalue weighted by atomic mass is 9.65. The molecule has 2 aliphatic rings. The Labute approximate surface area is 117 Å². The van der Waals surface area contributed by atoms with Gasteiger partial charge in [0.2, 0.25) is 0 Å². The largest absolute Gasteiger partial charge is 0.272 e. The number of nitrogens with zero attached hydrogens (tertiary/aromatic N) is 2. The van der Waals surface area contributed by atoms with Crippen molar-refractivity contribution < 1.29 is 4.79 Å². The number of carbonyl (C=O) groups excluding carboxylic acids is 1. The Morgan fingerprint density at radius 3 is 2.79 bits per heavy atom. The molecule has 4 heteroatoms. The van der Waals surface area contributed by atoms with Crippen LogP contribution in [0.3, 0.4) is 0 Å². The second-order valence-corrected chi connectivity index (χ2v) is 6.02. The summed E-state index contributed by atoms with van der Waals surface area (Å²) in [6.45, 7) is 4.20. The first-order valence-electron chi connectivity index (χ1n) is 6.37. The lowest BCUT2D eigenvalue weighted by Gasteiger charge is -2.39. The van der Waals surface area contributed by atoms with E-state index in [1.54, 1.807) is 0 Å². The molecule has 1 amide bonds. The van der Waals surface area contributed by atoms with Crippen LogP contribution in [-0.4, -0.2) is 23.3 Å². The van der Waals surface area contributed by atoms with Crippen molar-refractivity contribution in [2.75, 3.05) is 5.88 Å². The maximum Gasteiger partial charge on any atom is 0.257 e. The van der Waals surface area contributed by atoms with Crippen molar-refractivity contribution in [2.24, 2.45) is 21.3 Å². The maximum absolute atomic E-state index is 12.3. The van der Waals surface area contributed by atoms with Gasteiger partial charge >= 0.3 is 0 Å². The summed E-state index contributed by atoms with van der Waals surface area (Å²) in [5, 5.41) is 0. The fourth-order valence-corrected chi connectivity index (χ4v) is 3.15. The third-order valence-electron chi connectivity index (χ3n) is 3.85. The van der Waals surface area contributed by atoms with Crippen molar-refractivity contribution in [1.82, 2.24) is 0 Å². The highest BCUT2D eigenvalue weighted by molar-refractivity contribution is 6.33. The van der Waals surface area contributed by atoms with E-state index in [0.29, 0.717) is 5.84 Å². The lowest BCUT2D eigenvalue weighted by Crippen LogP contribution is -2.45. The Bertz CT molecular complexity index is 616. The van der Waals surface area contributed by atoms with Crippen LogP contribution in [-0.2, 0) is 11.2 Å². The molecule has 0 fully saturated rings. The molecule has 0 spiro atoms. The van der Waals surface area contributed by atoms with Crippen LogP contribution in [0.4, 0.5) is 0 Å². The molecular formula is C15H15ClN2O. The van der Waals surface area contributed by atoms with Crippen LogP contribution in [0.5, 0.6) is 0 Å². The summed E-state index contributed by atoms with van der Waals surface area (Å²) in [7, 11) is 0. The molecule has 1 atom stereocenters. The fraction of sp³-hybridized carbons (Fsp3) is 0.400. The highest BCUT2D eigenvalue weighted by Crippen LogP contribution is 2.41. The number of benzene rings is 1. The van der Waals surface area contributed by atoms with Crippen molar-refractivity contribution in [3.8, 4) is 0 Å². The van der Waals surface area contributed by atoms with E-state index in [4.69, 9.17) is 11.6 Å². The van der Waals surface area contributed by atoms with Crippen LogP contribution in [0, 0.1) is 11.3 Å². The summed E-state index contributed by atoms with van der Waals surface area (Å²) < 4.78 is 0. The number of hydrogen-bond donors (Lipinski definition) is 0. The van der Waals surface area contributed by atoms with Crippen LogP contribution in [0.25, 0.3) is 0 Å². The van der Waals surface area contributed by atoms with Crippen molar-refractivity contribution in [2.45, 2.75) is 20.3 Å². The number of alkyl halides is 1. The summed E-state index contributed by atoms with van der Waals surface area (Å²) in [4.78, 5) is 20.8. The number of fused-ring (bicyclic) bond motifs is 3. The SMILES string of the molecule is CC1(C)Cc2ccccc2C2=NC(CCl)=NC(=O)C21. The molecule has 3 rings (SSSR count). The Kier molecular flexibility index (Phi) is 2.82. The van der Waals surface area contributed by atoms with Gasteiger partial charge in [-0.1, -0.05) is 38.1 Å². The molecular weight excluding hydrogens is 260 g/mol. The van der Waals surface area contributed by atoms with Gasteiger partial charge in [-0.25, -0.2) is 4.99 Å². The number of amides is 1. The van der Waals surface area contributed by atoms with Gasteiger partial charge in [-0.05, 0) is 17.4 Å². The van der Waals surface area contributed by atoms with Gasteiger partial charge in [-0.3, -0.25) is 4.79 Å². The summed E-state index contributed by atoms with van der Waals surface area (Å²) in [6.07, 6.45) is 0.865. The molecule has 1 aliphatic carbocycles. The van der Waals surface area contributed by atoms with E-state index in [2.05, 4.69) is 29.9 Å². The molecule has 0 aromatic heterocycles. The Balaban J connectivity index is 2.22. The summed E-state index contributed by atoms with van der Waals surface area (Å²) in [5.41, 5.74) is 2.98. The zero-order chi connectivity index (χ0) is 13.6. The maximum atomic E-state index is 12.3. The van der Waals surface area contributed by atoms with Crippen LogP contribution in [0.2, 0.25) is 0 Å². The topological polar surface area (TPSA) is 41.8 Å². The van der Waals surface area contributed by atoms with E-state index in [1.807, 2.05) is 18.2 Å². The van der Waals surface area contributed by atoms with E-state index >= 15 is 0 Å². The van der Waals surface area contributed by atoms with Crippen molar-refractivity contribution in [1.29, 1.82) is 0 Å². The van der Waals surface area contributed by atoms with Crippen LogP contribution in [0.15, 0.2) is 34.3 Å². The standard InChI is InChI=1S/C15H15ClN2O/c1-15(2)7-9-5-3-4-6-10(9)13-12(15)14(19)18-11(8-16)17-13/h3-6,12H,7-8H2,1-2H3. The van der Waals surface area contributed by atoms with Crippen LogP contribution < -0.4 is 0 Å². The zero-order valence-corrected chi connectivity index (χ0v) is 11.7. The molecule has 1 aliphatic heterocycles. The third-order valence-corrected chi connectivity index (χ3v) is 4.09. The van der Waals surface area contributed by atoms with Gasteiger partial charge in [-0.15, -0.1) is 11.6 Å². The predicted molar refractivity (Wildman–Crippen MR) is 77.1 cm³/mol. The second-order valence-electron chi connectivity index (χ2n) is 5.75. The van der Waals surface area contributed by atoms with Gasteiger partial charge in [-0.2, -0.15) is 4.99 Å². The quantitative estimate of drug-likeness (QED) is 0.726. The highest BCUT2D eigenvalue weighted by atomic mass is 35.5. The summed E-state index contributed by atoms with van der Waals surface area (Å²) in [6, 6.07) is 8.14. The summed E-state index contributed by atoms with van der Waals surface area (Å²) in [5.74, 6) is 0.227. The molecule has 0 saturated heterocycles. The average molecular weight is 275 g/mol. The van der Waals surface area contributed by atoms with Crippen LogP contribution in [0.1, 0.15) is 25.0 Å². The van der Waals surface area contributed by atoms with E-state index in [9.17, 15) is 4.79 Å². The van der Waals surface area contributed by atoms with Gasteiger partial charge in [0.25, 0.3) is 5.91 Å². The second kappa shape index (κ2) is 4.27. The monoisotopic (exact) mass is 274 g/mol. The number of aliphatic imine (C=N–C) groups is 2. The minimum absolute atomic E-state index is 0.111. The van der Waals surface area contributed by atoms with Gasteiger partial charge in [0.05, 0.1) is 17.5 Å². The van der Waals surface area contributed by atoms with Gasteiger partial charge in [0.15, 0.2) is 0 Å². The molecule has 1 aromatic carbocycles. The van der Waals surface area contributed by atoms with Gasteiger partial charge in [0.1, 0.15) is 5.84 Å². The molecule has 1 unspecified atom stereocenters. The minimum atomic E-state index is -0.255. The first-order valence-corrected chi connectivity index (χ1v) is 6.90. The molecule has 19 heavy (non-hydrogen) atoms. The Hall–Kier alpha value is -1.48. The molecule has 0 bridgehead atoms. The van der Waals surface area contributed by atoms with E-state index in [1.165, 1.54) is 5.56 Å². The number of carbonyl (C=O) groups is 1. The molecule has 3 nitrogen and oxygen atoms in total. The minimum Gasteiger partial charge on any atom is -0.272 e. The highest BCUT2D eigenvalue weighted by Gasteiger charge is 2.45. The molecule has 0 radical (unpaired) electrons. The van der Waals surface area contributed by atoms with Crippen molar-refractivity contribution >= 4 is 29.1 Å². The van der Waals surface area contributed by atoms with Crippen LogP contribution >= 0.6 is 11.6 Å². The smallest absolute Gasteiger partial charge is 0.257 e. The third kappa shape index (κ3) is 1.93. The molecule has 1 heterocycles. The predicted octanol–water partition coefficient (Wildman–Crippen LogP) is 2.85. The van der Waals surface area contributed by atoms with Gasteiger partial charge in [0, 0.05) is 5.56 Å². The average Bonchev–Trinajstić information content (AvgIpc) is 2.37. The lowest BCUT2D eigenvalue weighted by molar-refractivity contribution is -0.122. The normalized spacial score (nSPS) is 24.2. The Morgan fingerprint density at radius 2 is 2.05 bits per heavy atom. The first kappa shape index (κ1) is 12.5. The first-order chi connectivity index (χ1) is 9.03. The van der Waals surface area contributed by atoms with E-state index in [0.717, 1.165) is 17.7 Å². The van der Waals surface area contributed by atoms with Crippen molar-refractivity contribution in [3.05, 3.63) is 35.4 Å². The number of halogens is 1. The zero-order valence-electron chi connectivity index (χ0n) is 11.0. The van der Waals surface area contributed by atoms with Crippen molar-refractivity contribution in [3.63, 3.8) is 0 Å². The molecule has 98 valence electrons. The molecule has 0 saturated carbocycles. The Morgan fingerprint density at radius 1 is 1.32 bits per heavy atom. The van der Waals surface area contributed by atoms with E-state index in [-0.39, 0.29) is 23.1 Å².